The summed E-state index contributed by atoms with van der Waals surface area (Å²) >= 11 is 0. The molecule has 3 aromatic carbocycles. The fourth-order valence-corrected chi connectivity index (χ4v) is 4.06. The van der Waals surface area contributed by atoms with Gasteiger partial charge in [0.05, 0.1) is 23.0 Å². The third-order valence-electron chi connectivity index (χ3n) is 5.92. The molecule has 186 valence electrons. The van der Waals surface area contributed by atoms with E-state index in [4.69, 9.17) is 0 Å². The summed E-state index contributed by atoms with van der Waals surface area (Å²) in [6.45, 7) is 0.590. The van der Waals surface area contributed by atoms with E-state index in [1.165, 1.54) is 6.20 Å². The van der Waals surface area contributed by atoms with E-state index in [1.807, 2.05) is 66.7 Å². The third-order valence-corrected chi connectivity index (χ3v) is 5.92. The number of urea groups is 1. The van der Waals surface area contributed by atoms with Crippen molar-refractivity contribution in [3.63, 3.8) is 0 Å². The second kappa shape index (κ2) is 10.8. The first kappa shape index (κ1) is 23.8. The summed E-state index contributed by atoms with van der Waals surface area (Å²) in [6, 6.07) is 25.6. The third kappa shape index (κ3) is 5.52. The molecule has 2 heterocycles. The van der Waals surface area contributed by atoms with E-state index in [9.17, 15) is 14.7 Å². The molecule has 0 fully saturated rings. The van der Waals surface area contributed by atoms with E-state index in [0.29, 0.717) is 40.3 Å². The van der Waals surface area contributed by atoms with Crippen LogP contribution in [0.1, 0.15) is 17.2 Å². The number of H-pyrrole nitrogens is 2. The molecule has 1 atom stereocenters. The van der Waals surface area contributed by atoms with Crippen LogP contribution in [0, 0.1) is 0 Å². The monoisotopic (exact) mass is 494 g/mol. The summed E-state index contributed by atoms with van der Waals surface area (Å²) in [7, 11) is 0. The van der Waals surface area contributed by atoms with Crippen molar-refractivity contribution in [2.24, 2.45) is 0 Å². The van der Waals surface area contributed by atoms with Gasteiger partial charge in [0.1, 0.15) is 16.9 Å². The number of hydrogen-bond donors (Lipinski definition) is 6. The van der Waals surface area contributed by atoms with E-state index < -0.39 is 6.10 Å². The van der Waals surface area contributed by atoms with Gasteiger partial charge >= 0.3 is 6.03 Å². The van der Waals surface area contributed by atoms with Gasteiger partial charge in [-0.1, -0.05) is 66.7 Å². The highest BCUT2D eigenvalue weighted by Crippen LogP contribution is 2.28. The average Bonchev–Trinajstić information content (AvgIpc) is 3.36. The molecule has 2 amide bonds. The molecule has 2 aromatic heterocycles. The minimum Gasteiger partial charge on any atom is -0.387 e. The van der Waals surface area contributed by atoms with Crippen molar-refractivity contribution in [2.45, 2.75) is 12.6 Å². The van der Waals surface area contributed by atoms with Crippen LogP contribution in [0.25, 0.3) is 22.4 Å². The summed E-state index contributed by atoms with van der Waals surface area (Å²) in [6.07, 6.45) is 0.782. The van der Waals surface area contributed by atoms with E-state index in [2.05, 4.69) is 30.9 Å². The van der Waals surface area contributed by atoms with Gasteiger partial charge in [0, 0.05) is 19.3 Å². The van der Waals surface area contributed by atoms with Crippen LogP contribution in [0.3, 0.4) is 0 Å². The van der Waals surface area contributed by atoms with Gasteiger partial charge in [-0.25, -0.2) is 9.78 Å². The number of imidazole rings is 1. The topological polar surface area (TPSA) is 135 Å². The van der Waals surface area contributed by atoms with Gasteiger partial charge in [-0.15, -0.1) is 0 Å². The van der Waals surface area contributed by atoms with Crippen LogP contribution in [-0.4, -0.2) is 32.6 Å². The molecule has 5 aromatic rings. The van der Waals surface area contributed by atoms with Crippen LogP contribution >= 0.6 is 0 Å². The van der Waals surface area contributed by atoms with E-state index >= 15 is 0 Å². The van der Waals surface area contributed by atoms with Gasteiger partial charge in [0.2, 0.25) is 0 Å². The Bertz CT molecular complexity index is 1560. The number of nitrogens with one attached hydrogen (secondary N) is 5. The molecule has 37 heavy (non-hydrogen) atoms. The molecule has 6 N–H and O–H groups in total. The molecule has 9 nitrogen and oxygen atoms in total. The molecular formula is C28H26N6O3. The summed E-state index contributed by atoms with van der Waals surface area (Å²) in [5, 5.41) is 19.4. The molecule has 0 radical (unpaired) electrons. The average molecular weight is 495 g/mol. The maximum absolute atomic E-state index is 12.8. The van der Waals surface area contributed by atoms with Gasteiger partial charge in [-0.2, -0.15) is 0 Å². The highest BCUT2D eigenvalue weighted by atomic mass is 16.3. The first-order chi connectivity index (χ1) is 18.1. The second-order valence-electron chi connectivity index (χ2n) is 8.48. The number of carbonyl (C=O) groups excluding carboxylic acids is 1. The number of aromatic amines is 2. The Hall–Kier alpha value is -4.89. The Labute approximate surface area is 212 Å². The molecule has 9 heteroatoms. The van der Waals surface area contributed by atoms with Crippen LogP contribution in [-0.2, 0) is 6.54 Å². The smallest absolute Gasteiger partial charge is 0.319 e. The van der Waals surface area contributed by atoms with Crippen LogP contribution in [0.4, 0.5) is 16.2 Å². The summed E-state index contributed by atoms with van der Waals surface area (Å²) in [4.78, 5) is 35.9. The molecule has 0 aliphatic rings. The van der Waals surface area contributed by atoms with Crippen LogP contribution in [0.2, 0.25) is 0 Å². The Balaban J connectivity index is 1.37. The maximum atomic E-state index is 12.8. The SMILES string of the molecule is O=C(NCc1ccccc1)Nc1cccc2[nH]c(-c3c(NCC(O)c4ccccc4)cc[nH]c3=O)nc12. The molecule has 0 bridgehead atoms. The minimum absolute atomic E-state index is 0.203. The number of fused-ring (bicyclic) bond motifs is 1. The zero-order valence-corrected chi connectivity index (χ0v) is 19.9. The Morgan fingerprint density at radius 1 is 0.919 bits per heavy atom. The molecule has 0 spiro atoms. The van der Waals surface area contributed by atoms with Crippen molar-refractivity contribution < 1.29 is 9.90 Å². The maximum Gasteiger partial charge on any atom is 0.319 e. The first-order valence-electron chi connectivity index (χ1n) is 11.8. The van der Waals surface area contributed by atoms with Gasteiger partial charge in [0.15, 0.2) is 0 Å². The predicted molar refractivity (Wildman–Crippen MR) is 144 cm³/mol. The number of pyridine rings is 1. The summed E-state index contributed by atoms with van der Waals surface area (Å²) < 4.78 is 0. The Kier molecular flexibility index (Phi) is 6.95. The van der Waals surface area contributed by atoms with Crippen molar-refractivity contribution in [2.75, 3.05) is 17.2 Å². The number of rotatable bonds is 8. The highest BCUT2D eigenvalue weighted by Gasteiger charge is 2.17. The number of amides is 2. The van der Waals surface area contributed by atoms with Crippen LogP contribution in [0.5, 0.6) is 0 Å². The lowest BCUT2D eigenvalue weighted by atomic mass is 10.1. The number of aliphatic hydroxyl groups excluding tert-OH is 1. The largest absolute Gasteiger partial charge is 0.387 e. The predicted octanol–water partition coefficient (Wildman–Crippen LogP) is 4.39. The van der Waals surface area contributed by atoms with Crippen molar-refractivity contribution >= 4 is 28.4 Å². The zero-order valence-electron chi connectivity index (χ0n) is 19.9. The number of para-hydroxylation sites is 1. The molecule has 1 unspecified atom stereocenters. The number of benzene rings is 3. The van der Waals surface area contributed by atoms with E-state index in [-0.39, 0.29) is 18.1 Å². The van der Waals surface area contributed by atoms with Gasteiger partial charge in [-0.05, 0) is 29.3 Å². The lowest BCUT2D eigenvalue weighted by Crippen LogP contribution is -2.28. The normalized spacial score (nSPS) is 11.7. The molecule has 0 saturated carbocycles. The number of aliphatic hydroxyl groups is 1. The second-order valence-corrected chi connectivity index (χ2v) is 8.48. The fraction of sp³-hybridized carbons (Fsp3) is 0.107. The fourth-order valence-electron chi connectivity index (χ4n) is 4.06. The highest BCUT2D eigenvalue weighted by molar-refractivity contribution is 5.99. The van der Waals surface area contributed by atoms with Gasteiger partial charge in [-0.3, -0.25) is 4.79 Å². The molecule has 0 aliphatic carbocycles. The minimum atomic E-state index is -0.755. The number of aromatic nitrogens is 3. The summed E-state index contributed by atoms with van der Waals surface area (Å²) in [5.41, 5.74) is 3.93. The van der Waals surface area contributed by atoms with Crippen molar-refractivity contribution in [3.8, 4) is 11.4 Å². The number of anilines is 2. The number of carbonyl (C=O) groups is 1. The molecular weight excluding hydrogens is 468 g/mol. The van der Waals surface area contributed by atoms with Crippen molar-refractivity contribution in [1.29, 1.82) is 0 Å². The molecule has 5 rings (SSSR count). The van der Waals surface area contributed by atoms with Crippen molar-refractivity contribution in [1.82, 2.24) is 20.3 Å². The number of hydrogen-bond acceptors (Lipinski definition) is 5. The van der Waals surface area contributed by atoms with Gasteiger partial charge in [0.25, 0.3) is 5.56 Å². The van der Waals surface area contributed by atoms with E-state index in [1.54, 1.807) is 18.2 Å². The summed E-state index contributed by atoms with van der Waals surface area (Å²) in [5.74, 6) is 0.340. The lowest BCUT2D eigenvalue weighted by molar-refractivity contribution is 0.191. The quantitative estimate of drug-likeness (QED) is 0.190. The Morgan fingerprint density at radius 3 is 2.46 bits per heavy atom. The van der Waals surface area contributed by atoms with Crippen LogP contribution in [0.15, 0.2) is 95.9 Å². The van der Waals surface area contributed by atoms with Crippen molar-refractivity contribution in [3.05, 3.63) is 113 Å². The van der Waals surface area contributed by atoms with E-state index in [0.717, 1.165) is 11.1 Å². The zero-order chi connectivity index (χ0) is 25.6. The van der Waals surface area contributed by atoms with Crippen LogP contribution < -0.4 is 21.5 Å². The standard InChI is InChI=1S/C28H26N6O3/c35-23(19-10-5-2-6-11-19)17-30-20-14-15-29-27(36)24(20)26-32-21-12-7-13-22(25(21)34-26)33-28(37)31-16-18-8-3-1-4-9-18/h1-15,23,35H,16-17H2,(H,32,34)(H2,29,30,36)(H2,31,33,37). The Morgan fingerprint density at radius 2 is 1.68 bits per heavy atom. The molecule has 0 saturated heterocycles. The van der Waals surface area contributed by atoms with Gasteiger partial charge < -0.3 is 31.0 Å². The number of nitrogens with zero attached hydrogens (tertiary/aromatic N) is 1. The molecule has 0 aliphatic heterocycles. The first-order valence-corrected chi connectivity index (χ1v) is 11.8. The lowest BCUT2D eigenvalue weighted by Gasteiger charge is -2.14.